The summed E-state index contributed by atoms with van der Waals surface area (Å²) in [5, 5.41) is 3.28. The summed E-state index contributed by atoms with van der Waals surface area (Å²) < 4.78 is 0. The van der Waals surface area contributed by atoms with Gasteiger partial charge in [0.2, 0.25) is 0 Å². The van der Waals surface area contributed by atoms with E-state index in [0.717, 1.165) is 6.54 Å². The molecule has 0 aromatic rings. The normalized spacial score (nSPS) is 9.75. The van der Waals surface area contributed by atoms with Crippen LogP contribution in [0.1, 0.15) is 33.1 Å². The van der Waals surface area contributed by atoms with Gasteiger partial charge in [-0.05, 0) is 19.5 Å². The number of hydrogen-bond donors (Lipinski definition) is 1. The molecule has 0 saturated carbocycles. The maximum Gasteiger partial charge on any atom is -0.00490 e. The zero-order chi connectivity index (χ0) is 6.24. The lowest BCUT2D eigenvalue weighted by Gasteiger charge is -1.97. The Labute approximate surface area is 52.5 Å². The van der Waals surface area contributed by atoms with Crippen LogP contribution in [-0.4, -0.2) is 13.1 Å². The van der Waals surface area contributed by atoms with Crippen molar-refractivity contribution in [3.8, 4) is 0 Å². The van der Waals surface area contributed by atoms with Crippen LogP contribution in [0.4, 0.5) is 0 Å². The smallest absolute Gasteiger partial charge is 0.00490 e. The SMILES string of the molecule is CCCCCNCC. The molecule has 1 nitrogen and oxygen atoms in total. The van der Waals surface area contributed by atoms with Gasteiger partial charge in [-0.3, -0.25) is 0 Å². The lowest BCUT2D eigenvalue weighted by atomic mass is 10.2. The Kier molecular flexibility index (Phi) is 6.93. The van der Waals surface area contributed by atoms with Crippen molar-refractivity contribution in [2.75, 3.05) is 13.1 Å². The fourth-order valence-electron chi connectivity index (χ4n) is 0.677. The van der Waals surface area contributed by atoms with Crippen LogP contribution >= 0.6 is 0 Å². The Bertz CT molecular complexity index is 29.4. The maximum atomic E-state index is 3.28. The van der Waals surface area contributed by atoms with Crippen molar-refractivity contribution in [3.63, 3.8) is 0 Å². The predicted octanol–water partition coefficient (Wildman–Crippen LogP) is 1.79. The molecule has 0 aromatic carbocycles. The van der Waals surface area contributed by atoms with E-state index in [2.05, 4.69) is 19.2 Å². The van der Waals surface area contributed by atoms with Gasteiger partial charge < -0.3 is 5.32 Å². The van der Waals surface area contributed by atoms with Crippen molar-refractivity contribution >= 4 is 0 Å². The van der Waals surface area contributed by atoms with E-state index in [1.165, 1.54) is 25.8 Å². The van der Waals surface area contributed by atoms with Crippen molar-refractivity contribution in [1.82, 2.24) is 5.32 Å². The number of rotatable bonds is 5. The van der Waals surface area contributed by atoms with Crippen LogP contribution in [0.5, 0.6) is 0 Å². The lowest BCUT2D eigenvalue weighted by molar-refractivity contribution is 0.633. The second kappa shape index (κ2) is 6.96. The fourth-order valence-corrected chi connectivity index (χ4v) is 0.677. The Morgan fingerprint density at radius 1 is 1.12 bits per heavy atom. The first-order valence-corrected chi connectivity index (χ1v) is 3.62. The second-order valence-corrected chi connectivity index (χ2v) is 2.06. The van der Waals surface area contributed by atoms with Crippen LogP contribution in [-0.2, 0) is 0 Å². The molecule has 0 aromatic heterocycles. The van der Waals surface area contributed by atoms with Gasteiger partial charge in [-0.2, -0.15) is 0 Å². The predicted molar refractivity (Wildman–Crippen MR) is 38.1 cm³/mol. The van der Waals surface area contributed by atoms with Gasteiger partial charge in [0.1, 0.15) is 0 Å². The van der Waals surface area contributed by atoms with Crippen LogP contribution < -0.4 is 5.32 Å². The maximum absolute atomic E-state index is 3.28. The minimum Gasteiger partial charge on any atom is -0.317 e. The topological polar surface area (TPSA) is 12.0 Å². The summed E-state index contributed by atoms with van der Waals surface area (Å²) in [6, 6.07) is 0. The molecule has 0 bridgehead atoms. The number of nitrogens with one attached hydrogen (secondary N) is 1. The summed E-state index contributed by atoms with van der Waals surface area (Å²) in [7, 11) is 0. The van der Waals surface area contributed by atoms with E-state index in [1.54, 1.807) is 0 Å². The number of hydrogen-bond acceptors (Lipinski definition) is 1. The van der Waals surface area contributed by atoms with Crippen LogP contribution in [0.3, 0.4) is 0 Å². The van der Waals surface area contributed by atoms with E-state index in [4.69, 9.17) is 0 Å². The highest BCUT2D eigenvalue weighted by molar-refractivity contribution is 4.42. The molecule has 0 rings (SSSR count). The Hall–Kier alpha value is -0.0400. The molecule has 0 heterocycles. The van der Waals surface area contributed by atoms with Gasteiger partial charge in [-0.15, -0.1) is 0 Å². The molecule has 0 spiro atoms. The Morgan fingerprint density at radius 2 is 1.88 bits per heavy atom. The van der Waals surface area contributed by atoms with E-state index in [-0.39, 0.29) is 0 Å². The van der Waals surface area contributed by atoms with Crippen molar-refractivity contribution < 1.29 is 0 Å². The highest BCUT2D eigenvalue weighted by Crippen LogP contribution is 1.89. The molecule has 1 heteroatoms. The highest BCUT2D eigenvalue weighted by Gasteiger charge is 1.81. The summed E-state index contributed by atoms with van der Waals surface area (Å²) in [5.74, 6) is 0. The molecule has 0 unspecified atom stereocenters. The van der Waals surface area contributed by atoms with E-state index < -0.39 is 0 Å². The third-order valence-corrected chi connectivity index (χ3v) is 1.21. The summed E-state index contributed by atoms with van der Waals surface area (Å²) in [5.41, 5.74) is 0. The summed E-state index contributed by atoms with van der Waals surface area (Å²) in [6.07, 6.45) is 4.03. The molecule has 8 heavy (non-hydrogen) atoms. The van der Waals surface area contributed by atoms with Gasteiger partial charge in [0.15, 0.2) is 0 Å². The lowest BCUT2D eigenvalue weighted by Crippen LogP contribution is -2.13. The molecule has 0 saturated heterocycles. The summed E-state index contributed by atoms with van der Waals surface area (Å²) in [6.45, 7) is 6.69. The Morgan fingerprint density at radius 3 is 2.38 bits per heavy atom. The zero-order valence-corrected chi connectivity index (χ0v) is 6.04. The van der Waals surface area contributed by atoms with Gasteiger partial charge in [-0.1, -0.05) is 26.7 Å². The molecule has 0 amide bonds. The number of unbranched alkanes of at least 4 members (excludes halogenated alkanes) is 2. The van der Waals surface area contributed by atoms with Crippen LogP contribution in [0.25, 0.3) is 0 Å². The minimum absolute atomic E-state index is 1.11. The van der Waals surface area contributed by atoms with Gasteiger partial charge in [-0.25, -0.2) is 0 Å². The molecule has 0 aliphatic carbocycles. The first-order chi connectivity index (χ1) is 3.91. The average molecular weight is 115 g/mol. The third-order valence-electron chi connectivity index (χ3n) is 1.21. The van der Waals surface area contributed by atoms with Crippen molar-refractivity contribution in [1.29, 1.82) is 0 Å². The highest BCUT2D eigenvalue weighted by atomic mass is 14.8. The molecule has 1 N–H and O–H groups in total. The van der Waals surface area contributed by atoms with Gasteiger partial charge in [0, 0.05) is 0 Å². The molecular formula is C7H17N. The van der Waals surface area contributed by atoms with Gasteiger partial charge >= 0.3 is 0 Å². The third kappa shape index (κ3) is 5.96. The molecular weight excluding hydrogens is 98.1 g/mol. The first-order valence-electron chi connectivity index (χ1n) is 3.62. The van der Waals surface area contributed by atoms with E-state index in [0.29, 0.717) is 0 Å². The summed E-state index contributed by atoms with van der Waals surface area (Å²) >= 11 is 0. The first kappa shape index (κ1) is 7.96. The Balaban J connectivity index is 2.53. The fraction of sp³-hybridized carbons (Fsp3) is 1.00. The molecule has 0 radical (unpaired) electrons. The van der Waals surface area contributed by atoms with Crippen molar-refractivity contribution in [3.05, 3.63) is 0 Å². The summed E-state index contributed by atoms with van der Waals surface area (Å²) in [4.78, 5) is 0. The molecule has 0 fully saturated rings. The molecule has 0 aliphatic rings. The van der Waals surface area contributed by atoms with E-state index >= 15 is 0 Å². The average Bonchev–Trinajstić information content (AvgIpc) is 1.81. The van der Waals surface area contributed by atoms with Crippen LogP contribution in [0, 0.1) is 0 Å². The monoisotopic (exact) mass is 115 g/mol. The zero-order valence-electron chi connectivity index (χ0n) is 6.04. The molecule has 0 atom stereocenters. The molecule has 0 aliphatic heterocycles. The standard InChI is InChI=1S/C7H17N/c1-3-5-6-7-8-4-2/h8H,3-7H2,1-2H3. The van der Waals surface area contributed by atoms with E-state index in [1.807, 2.05) is 0 Å². The van der Waals surface area contributed by atoms with Crippen molar-refractivity contribution in [2.45, 2.75) is 33.1 Å². The van der Waals surface area contributed by atoms with Crippen LogP contribution in [0.15, 0.2) is 0 Å². The van der Waals surface area contributed by atoms with Crippen LogP contribution in [0.2, 0.25) is 0 Å². The van der Waals surface area contributed by atoms with Gasteiger partial charge in [0.25, 0.3) is 0 Å². The van der Waals surface area contributed by atoms with E-state index in [9.17, 15) is 0 Å². The second-order valence-electron chi connectivity index (χ2n) is 2.06. The largest absolute Gasteiger partial charge is 0.317 e. The van der Waals surface area contributed by atoms with Gasteiger partial charge in [0.05, 0.1) is 0 Å². The minimum atomic E-state index is 1.11. The molecule has 50 valence electrons. The quantitative estimate of drug-likeness (QED) is 0.539. The van der Waals surface area contributed by atoms with Crippen molar-refractivity contribution in [2.24, 2.45) is 0 Å².